The topological polar surface area (TPSA) is 73.1 Å². The van der Waals surface area contributed by atoms with Crippen molar-refractivity contribution in [2.75, 3.05) is 18.6 Å². The molecule has 0 spiro atoms. The third-order valence-corrected chi connectivity index (χ3v) is 6.71. The highest BCUT2D eigenvalue weighted by Crippen LogP contribution is 2.33. The molecule has 7 nitrogen and oxygen atoms in total. The fourth-order valence-electron chi connectivity index (χ4n) is 3.13. The number of carbonyl (C=O) groups excluding carboxylic acids is 1. The van der Waals surface area contributed by atoms with Gasteiger partial charge in [-0.25, -0.2) is 9.97 Å². The lowest BCUT2D eigenvalue weighted by Gasteiger charge is -2.18. The van der Waals surface area contributed by atoms with E-state index in [1.165, 1.54) is 22.7 Å². The summed E-state index contributed by atoms with van der Waals surface area (Å²) in [6, 6.07) is 15.3. The van der Waals surface area contributed by atoms with E-state index in [0.29, 0.717) is 23.2 Å². The van der Waals surface area contributed by atoms with Gasteiger partial charge in [-0.3, -0.25) is 14.4 Å². The van der Waals surface area contributed by atoms with Crippen LogP contribution in [0.2, 0.25) is 0 Å². The summed E-state index contributed by atoms with van der Waals surface area (Å²) in [5.74, 6) is 0.604. The molecule has 0 saturated heterocycles. The van der Waals surface area contributed by atoms with E-state index in [1.54, 1.807) is 22.9 Å². The number of methoxy groups -OCH3 is 1. The van der Waals surface area contributed by atoms with Gasteiger partial charge >= 0.3 is 0 Å². The molecule has 0 aliphatic carbocycles. The summed E-state index contributed by atoms with van der Waals surface area (Å²) in [7, 11) is 1.64. The van der Waals surface area contributed by atoms with Crippen molar-refractivity contribution in [2.45, 2.75) is 6.54 Å². The number of ether oxygens (including phenoxy) is 1. The molecule has 0 radical (unpaired) electrons. The number of carbonyl (C=O) groups is 1. The van der Waals surface area contributed by atoms with Crippen molar-refractivity contribution in [3.8, 4) is 5.75 Å². The lowest BCUT2D eigenvalue weighted by Crippen LogP contribution is -2.34. The van der Waals surface area contributed by atoms with Gasteiger partial charge in [0.25, 0.3) is 5.91 Å². The van der Waals surface area contributed by atoms with Crippen LogP contribution in [0.3, 0.4) is 0 Å². The van der Waals surface area contributed by atoms with Gasteiger partial charge in [0.05, 0.1) is 34.1 Å². The van der Waals surface area contributed by atoms with Gasteiger partial charge < -0.3 is 4.74 Å². The van der Waals surface area contributed by atoms with E-state index < -0.39 is 0 Å². The van der Waals surface area contributed by atoms with Crippen LogP contribution < -0.4 is 9.64 Å². The van der Waals surface area contributed by atoms with Gasteiger partial charge in [0.15, 0.2) is 10.1 Å². The van der Waals surface area contributed by atoms with Gasteiger partial charge in [-0.05, 0) is 36.4 Å². The number of thiazole rings is 2. The lowest BCUT2D eigenvalue weighted by atomic mass is 10.3. The predicted octanol–water partition coefficient (Wildman–Crippen LogP) is 4.46. The maximum atomic E-state index is 13.5. The maximum absolute atomic E-state index is 13.5. The van der Waals surface area contributed by atoms with Gasteiger partial charge in [0.2, 0.25) is 0 Å². The van der Waals surface area contributed by atoms with Crippen molar-refractivity contribution in [1.29, 1.82) is 0 Å². The van der Waals surface area contributed by atoms with Crippen LogP contribution in [0.25, 0.3) is 20.4 Å². The molecule has 150 valence electrons. The van der Waals surface area contributed by atoms with E-state index in [0.717, 1.165) is 26.2 Å². The summed E-state index contributed by atoms with van der Waals surface area (Å²) < 4.78 is 9.07. The fraction of sp³-hybridized carbons (Fsp3) is 0.143. The average molecular weight is 436 g/mol. The zero-order chi connectivity index (χ0) is 20.5. The number of amides is 1. The number of aromatic nitrogens is 4. The number of hydrogen-bond donors (Lipinski definition) is 0. The molecule has 0 atom stereocenters. The molecule has 30 heavy (non-hydrogen) atoms. The molecule has 0 aliphatic rings. The molecular weight excluding hydrogens is 418 g/mol. The second-order valence-corrected chi connectivity index (χ2v) is 8.58. The second kappa shape index (κ2) is 7.85. The number of rotatable bonds is 6. The van der Waals surface area contributed by atoms with E-state index in [-0.39, 0.29) is 5.91 Å². The highest BCUT2D eigenvalue weighted by Gasteiger charge is 2.24. The van der Waals surface area contributed by atoms with Gasteiger partial charge in [0.1, 0.15) is 5.75 Å². The number of anilines is 1. The van der Waals surface area contributed by atoms with E-state index >= 15 is 0 Å². The number of hydrogen-bond acceptors (Lipinski definition) is 7. The van der Waals surface area contributed by atoms with Crippen LogP contribution in [0.5, 0.6) is 5.75 Å². The first kappa shape index (κ1) is 18.7. The summed E-state index contributed by atoms with van der Waals surface area (Å²) >= 11 is 2.86. The van der Waals surface area contributed by atoms with Crippen LogP contribution in [0.4, 0.5) is 5.13 Å². The van der Waals surface area contributed by atoms with Gasteiger partial charge in [-0.15, -0.1) is 11.3 Å². The third kappa shape index (κ3) is 3.53. The summed E-state index contributed by atoms with van der Waals surface area (Å²) in [6.45, 7) is 0.996. The standard InChI is InChI=1S/C21H17N5O2S2/c1-28-14-7-8-16-18(13-14)30-21(24-16)26(12-11-25-10-4-9-22-25)20(27)19-23-15-5-2-3-6-17(15)29-19/h2-10,13H,11-12H2,1H3. The van der Waals surface area contributed by atoms with Gasteiger partial charge in [0, 0.05) is 18.9 Å². The number of fused-ring (bicyclic) bond motifs is 2. The maximum Gasteiger partial charge on any atom is 0.289 e. The molecular formula is C21H17N5O2S2. The highest BCUT2D eigenvalue weighted by atomic mass is 32.1. The average Bonchev–Trinajstić information content (AvgIpc) is 3.51. The molecule has 5 rings (SSSR count). The Morgan fingerprint density at radius 3 is 2.73 bits per heavy atom. The largest absolute Gasteiger partial charge is 0.497 e. The Morgan fingerprint density at radius 1 is 1.07 bits per heavy atom. The second-order valence-electron chi connectivity index (χ2n) is 6.54. The van der Waals surface area contributed by atoms with E-state index in [2.05, 4.69) is 10.1 Å². The molecule has 2 aromatic carbocycles. The first-order valence-electron chi connectivity index (χ1n) is 9.31. The van der Waals surface area contributed by atoms with Crippen LogP contribution in [-0.2, 0) is 6.54 Å². The van der Waals surface area contributed by atoms with Crippen molar-refractivity contribution in [1.82, 2.24) is 19.7 Å². The van der Waals surface area contributed by atoms with Crippen LogP contribution in [0.15, 0.2) is 60.9 Å². The Labute approximate surface area is 180 Å². The minimum Gasteiger partial charge on any atom is -0.497 e. The van der Waals surface area contributed by atoms with Crippen LogP contribution in [0.1, 0.15) is 9.80 Å². The lowest BCUT2D eigenvalue weighted by molar-refractivity contribution is 0.0985. The Morgan fingerprint density at radius 2 is 1.93 bits per heavy atom. The quantitative estimate of drug-likeness (QED) is 0.394. The predicted molar refractivity (Wildman–Crippen MR) is 120 cm³/mol. The Bertz CT molecular complexity index is 1290. The molecule has 0 N–H and O–H groups in total. The number of para-hydroxylation sites is 1. The summed E-state index contributed by atoms with van der Waals surface area (Å²) in [6.07, 6.45) is 3.60. The monoisotopic (exact) mass is 435 g/mol. The first-order valence-corrected chi connectivity index (χ1v) is 10.9. The molecule has 0 bridgehead atoms. The summed E-state index contributed by atoms with van der Waals surface area (Å²) in [5, 5.41) is 5.33. The van der Waals surface area contributed by atoms with Crippen molar-refractivity contribution in [2.24, 2.45) is 0 Å². The Kier molecular flexibility index (Phi) is 4.89. The van der Waals surface area contributed by atoms with Crippen molar-refractivity contribution < 1.29 is 9.53 Å². The third-order valence-electron chi connectivity index (χ3n) is 4.65. The highest BCUT2D eigenvalue weighted by molar-refractivity contribution is 7.23. The summed E-state index contributed by atoms with van der Waals surface area (Å²) in [5.41, 5.74) is 1.66. The smallest absolute Gasteiger partial charge is 0.289 e. The number of nitrogens with zero attached hydrogens (tertiary/aromatic N) is 5. The van der Waals surface area contributed by atoms with Crippen molar-refractivity contribution in [3.05, 3.63) is 65.9 Å². The zero-order valence-corrected chi connectivity index (χ0v) is 17.7. The van der Waals surface area contributed by atoms with Gasteiger partial charge in [-0.1, -0.05) is 23.5 Å². The molecule has 1 amide bonds. The van der Waals surface area contributed by atoms with Gasteiger partial charge in [-0.2, -0.15) is 5.10 Å². The zero-order valence-electron chi connectivity index (χ0n) is 16.1. The first-order chi connectivity index (χ1) is 14.7. The molecule has 0 saturated carbocycles. The Balaban J connectivity index is 1.52. The van der Waals surface area contributed by atoms with Crippen LogP contribution >= 0.6 is 22.7 Å². The van der Waals surface area contributed by atoms with E-state index in [4.69, 9.17) is 9.72 Å². The normalized spacial score (nSPS) is 11.2. The minimum atomic E-state index is -0.158. The molecule has 0 fully saturated rings. The molecule has 3 heterocycles. The van der Waals surface area contributed by atoms with Crippen molar-refractivity contribution >= 4 is 54.1 Å². The SMILES string of the molecule is COc1ccc2nc(N(CCn3cccn3)C(=O)c3nc4ccccc4s3)sc2c1. The molecule has 3 aromatic heterocycles. The van der Waals surface area contributed by atoms with Crippen LogP contribution in [-0.4, -0.2) is 39.3 Å². The van der Waals surface area contributed by atoms with Crippen molar-refractivity contribution in [3.63, 3.8) is 0 Å². The molecule has 0 unspecified atom stereocenters. The molecule has 0 aliphatic heterocycles. The Hall–Kier alpha value is -3.30. The molecule has 9 heteroatoms. The fourth-order valence-corrected chi connectivity index (χ4v) is 5.07. The number of benzene rings is 2. The van der Waals surface area contributed by atoms with E-state index in [9.17, 15) is 4.79 Å². The molecule has 5 aromatic rings. The minimum absolute atomic E-state index is 0.158. The summed E-state index contributed by atoms with van der Waals surface area (Å²) in [4.78, 5) is 24.4. The van der Waals surface area contributed by atoms with Crippen LogP contribution in [0, 0.1) is 0 Å². The van der Waals surface area contributed by atoms with E-state index in [1.807, 2.05) is 54.7 Å².